The number of carbonyl (C=O) groups is 1. The van der Waals surface area contributed by atoms with E-state index in [0.29, 0.717) is 11.3 Å². The van der Waals surface area contributed by atoms with Crippen molar-refractivity contribution < 1.29 is 30.8 Å². The maximum Gasteiger partial charge on any atom is 0.451 e. The molecule has 13 heteroatoms. The summed E-state index contributed by atoms with van der Waals surface area (Å²) in [5, 5.41) is 2.97. The van der Waals surface area contributed by atoms with Gasteiger partial charge in [-0.05, 0) is 48.9 Å². The van der Waals surface area contributed by atoms with Crippen LogP contribution in [0.1, 0.15) is 24.7 Å². The van der Waals surface area contributed by atoms with Gasteiger partial charge in [0.25, 0.3) is 0 Å². The Morgan fingerprint density at radius 2 is 1.78 bits per heavy atom. The molecule has 2 aromatic heterocycles. The van der Waals surface area contributed by atoms with E-state index in [1.165, 1.54) is 35.4 Å². The summed E-state index contributed by atoms with van der Waals surface area (Å²) in [4.78, 5) is 25.7. The third-order valence-corrected chi connectivity index (χ3v) is 6.34. The molecule has 3 aromatic rings. The van der Waals surface area contributed by atoms with Crippen LogP contribution in [0.15, 0.2) is 55.0 Å². The topological polar surface area (TPSA) is 105 Å². The van der Waals surface area contributed by atoms with E-state index in [4.69, 9.17) is 0 Å². The van der Waals surface area contributed by atoms with Crippen LogP contribution in [0.3, 0.4) is 0 Å². The van der Waals surface area contributed by atoms with E-state index < -0.39 is 40.1 Å². The van der Waals surface area contributed by atoms with Crippen LogP contribution in [0.25, 0.3) is 11.3 Å². The fourth-order valence-electron chi connectivity index (χ4n) is 3.82. The van der Waals surface area contributed by atoms with E-state index in [9.17, 15) is 30.8 Å². The Morgan fingerprint density at radius 1 is 1.11 bits per heavy atom. The smallest absolute Gasteiger partial charge is 0.306 e. The number of hydrogen-bond donors (Lipinski definition) is 1. The number of hydrogen-bond acceptors (Lipinski definition) is 7. The van der Waals surface area contributed by atoms with Crippen molar-refractivity contribution in [1.82, 2.24) is 20.3 Å². The molecule has 0 spiro atoms. The van der Waals surface area contributed by atoms with Gasteiger partial charge in [-0.3, -0.25) is 15.1 Å². The summed E-state index contributed by atoms with van der Waals surface area (Å²) >= 11 is 0. The van der Waals surface area contributed by atoms with Crippen molar-refractivity contribution in [2.24, 2.45) is 0 Å². The Hall–Kier alpha value is -3.71. The summed E-state index contributed by atoms with van der Waals surface area (Å²) in [6, 6.07) is 6.96. The number of alkyl halides is 3. The zero-order valence-corrected chi connectivity index (χ0v) is 19.5. The molecule has 1 aliphatic rings. The lowest BCUT2D eigenvalue weighted by atomic mass is 10.1. The van der Waals surface area contributed by atoms with Gasteiger partial charge in [0.15, 0.2) is 0 Å². The number of rotatable bonds is 5. The van der Waals surface area contributed by atoms with Gasteiger partial charge in [-0.25, -0.2) is 14.4 Å². The lowest BCUT2D eigenvalue weighted by Crippen LogP contribution is -2.47. The molecular formula is C23H19F4N5O3S. The molecule has 3 heterocycles. The first-order valence-corrected chi connectivity index (χ1v) is 11.7. The van der Waals surface area contributed by atoms with Crippen molar-refractivity contribution in [1.29, 1.82) is 0 Å². The molecule has 1 amide bonds. The highest BCUT2D eigenvalue weighted by atomic mass is 32.2. The quantitative estimate of drug-likeness (QED) is 0.407. The number of halogens is 4. The molecule has 4 rings (SSSR count). The lowest BCUT2D eigenvalue weighted by Gasteiger charge is -2.26. The molecule has 36 heavy (non-hydrogen) atoms. The first-order chi connectivity index (χ1) is 17.0. The predicted octanol–water partition coefficient (Wildman–Crippen LogP) is 3.03. The normalized spacial score (nSPS) is 17.8. The standard InChI is InChI=1S/C23H19F4N5O3S/c1-13-8-19(36(34)35)20(31-13)21(33)32(17-4-2-16(24)3-5-17)12-14-6-7-28-18(9-14)15-10-29-22(30-11-15)23(25,26)27/h2-7,9-11,13,20,31H,8,12H2,1H3/t13-,20+/m0/s1. The van der Waals surface area contributed by atoms with E-state index in [2.05, 4.69) is 20.3 Å². The van der Waals surface area contributed by atoms with Gasteiger partial charge in [0.2, 0.25) is 22.0 Å². The second-order valence-electron chi connectivity index (χ2n) is 8.15. The fraction of sp³-hybridized carbons (Fsp3) is 0.261. The largest absolute Gasteiger partial charge is 0.451 e. The number of nitrogens with one attached hydrogen (secondary N) is 1. The molecule has 0 radical (unpaired) electrons. The molecule has 188 valence electrons. The third-order valence-electron chi connectivity index (χ3n) is 5.51. The molecule has 0 bridgehead atoms. The second kappa shape index (κ2) is 10.1. The predicted molar refractivity (Wildman–Crippen MR) is 123 cm³/mol. The van der Waals surface area contributed by atoms with Gasteiger partial charge in [0, 0.05) is 42.3 Å². The highest BCUT2D eigenvalue weighted by molar-refractivity contribution is 7.73. The summed E-state index contributed by atoms with van der Waals surface area (Å²) in [6.07, 6.45) is -1.09. The van der Waals surface area contributed by atoms with Crippen LogP contribution in [0.2, 0.25) is 0 Å². The lowest BCUT2D eigenvalue weighted by molar-refractivity contribution is -0.145. The Labute approximate surface area is 204 Å². The maximum atomic E-state index is 13.5. The molecule has 0 unspecified atom stereocenters. The Kier molecular flexibility index (Phi) is 7.13. The van der Waals surface area contributed by atoms with Crippen molar-refractivity contribution in [2.75, 3.05) is 4.90 Å². The van der Waals surface area contributed by atoms with Gasteiger partial charge in [0.05, 0.1) is 17.1 Å². The Bertz CT molecular complexity index is 1400. The number of anilines is 1. The minimum Gasteiger partial charge on any atom is -0.306 e. The minimum atomic E-state index is -4.68. The maximum absolute atomic E-state index is 13.5. The summed E-state index contributed by atoms with van der Waals surface area (Å²) < 4.78 is 75.3. The van der Waals surface area contributed by atoms with Crippen LogP contribution in [0.5, 0.6) is 0 Å². The number of nitrogens with zero attached hydrogens (tertiary/aromatic N) is 4. The summed E-state index contributed by atoms with van der Waals surface area (Å²) in [5.41, 5.74) is 1.37. The molecule has 1 saturated heterocycles. The molecule has 1 aliphatic heterocycles. The van der Waals surface area contributed by atoms with Crippen LogP contribution < -0.4 is 10.2 Å². The summed E-state index contributed by atoms with van der Waals surface area (Å²) in [7, 11) is -2.58. The molecular weight excluding hydrogens is 502 g/mol. The highest BCUT2D eigenvalue weighted by Crippen LogP contribution is 2.27. The molecule has 1 fully saturated rings. The first-order valence-electron chi connectivity index (χ1n) is 10.7. The zero-order valence-electron chi connectivity index (χ0n) is 18.7. The molecule has 1 N–H and O–H groups in total. The van der Waals surface area contributed by atoms with Gasteiger partial charge in [0.1, 0.15) is 11.9 Å². The van der Waals surface area contributed by atoms with Crippen molar-refractivity contribution in [3.63, 3.8) is 0 Å². The molecule has 2 atom stereocenters. The number of benzene rings is 1. The van der Waals surface area contributed by atoms with Crippen molar-refractivity contribution in [3.8, 4) is 11.3 Å². The molecule has 0 aliphatic carbocycles. The Balaban J connectivity index is 1.67. The van der Waals surface area contributed by atoms with Crippen LogP contribution in [0.4, 0.5) is 23.2 Å². The van der Waals surface area contributed by atoms with Crippen LogP contribution in [0, 0.1) is 5.82 Å². The van der Waals surface area contributed by atoms with Crippen LogP contribution in [-0.4, -0.2) is 46.2 Å². The fourth-order valence-corrected chi connectivity index (χ4v) is 4.57. The summed E-state index contributed by atoms with van der Waals surface area (Å²) in [5.74, 6) is -2.35. The van der Waals surface area contributed by atoms with E-state index in [0.717, 1.165) is 12.4 Å². The zero-order chi connectivity index (χ0) is 26.0. The summed E-state index contributed by atoms with van der Waals surface area (Å²) in [6.45, 7) is 1.70. The number of amides is 1. The number of pyridine rings is 1. The van der Waals surface area contributed by atoms with Gasteiger partial charge in [-0.2, -0.15) is 21.6 Å². The Morgan fingerprint density at radius 3 is 2.39 bits per heavy atom. The number of carbonyl (C=O) groups excluding carboxylic acids is 1. The van der Waals surface area contributed by atoms with E-state index in [1.807, 2.05) is 0 Å². The first kappa shape index (κ1) is 25.4. The SMILES string of the molecule is C[C@H]1CC(=S(=O)=O)[C@H](C(=O)N(Cc2ccnc(-c3cnc(C(F)(F)F)nc3)c2)c2ccc(F)cc2)N1. The number of aromatic nitrogens is 3. The third kappa shape index (κ3) is 5.57. The van der Waals surface area contributed by atoms with E-state index in [1.54, 1.807) is 19.1 Å². The van der Waals surface area contributed by atoms with Crippen LogP contribution in [-0.2, 0) is 27.8 Å². The van der Waals surface area contributed by atoms with Gasteiger partial charge in [-0.1, -0.05) is 0 Å². The van der Waals surface area contributed by atoms with Gasteiger partial charge < -0.3 is 4.90 Å². The van der Waals surface area contributed by atoms with Crippen molar-refractivity contribution in [3.05, 3.63) is 72.2 Å². The average Bonchev–Trinajstić information content (AvgIpc) is 3.25. The molecule has 1 aromatic carbocycles. The van der Waals surface area contributed by atoms with Gasteiger partial charge >= 0.3 is 6.18 Å². The monoisotopic (exact) mass is 521 g/mol. The van der Waals surface area contributed by atoms with Crippen LogP contribution >= 0.6 is 0 Å². The van der Waals surface area contributed by atoms with E-state index >= 15 is 0 Å². The average molecular weight is 521 g/mol. The molecule has 8 nitrogen and oxygen atoms in total. The second-order valence-corrected chi connectivity index (χ2v) is 9.14. The minimum absolute atomic E-state index is 0.0249. The highest BCUT2D eigenvalue weighted by Gasteiger charge is 2.37. The van der Waals surface area contributed by atoms with Crippen molar-refractivity contribution in [2.45, 2.75) is 38.1 Å². The van der Waals surface area contributed by atoms with E-state index in [-0.39, 0.29) is 35.1 Å². The van der Waals surface area contributed by atoms with Crippen molar-refractivity contribution >= 4 is 26.8 Å². The van der Waals surface area contributed by atoms with Gasteiger partial charge in [-0.15, -0.1) is 0 Å². The molecule has 0 saturated carbocycles.